The molecule has 1 aromatic carbocycles. The van der Waals surface area contributed by atoms with Gasteiger partial charge in [-0.25, -0.2) is 9.78 Å². The Kier molecular flexibility index (Phi) is 8.60. The highest BCUT2D eigenvalue weighted by atomic mass is 19.4. The molecule has 3 heterocycles. The Balaban J connectivity index is 1.53. The van der Waals surface area contributed by atoms with E-state index in [2.05, 4.69) is 10.00 Å². The third-order valence-corrected chi connectivity index (χ3v) is 8.57. The number of carbonyl (C=O) groups is 1. The number of nitrogens with zero attached hydrogens (tertiary/aromatic N) is 5. The molecular formula is C31H35F6N5O2. The van der Waals surface area contributed by atoms with Gasteiger partial charge in [0.2, 0.25) is 0 Å². The van der Waals surface area contributed by atoms with Crippen molar-refractivity contribution in [1.82, 2.24) is 19.7 Å². The standard InChI is InChI=1S/C31H35F6N5O2/c1-5-41(25-9-7-6-8-10-25)28-22(11-21(15-38-28)26-17-40(4)39-18(26)2)16-42-19(3)27(44-29(42)43)20-12-23(30(32,33)34)14-24(13-20)31(35,36)37/h11-15,17,19,25,27H,5-10,16H2,1-4H3/t19-,27?/m0/s1. The van der Waals surface area contributed by atoms with Gasteiger partial charge in [0.25, 0.3) is 0 Å². The molecule has 2 aliphatic rings. The van der Waals surface area contributed by atoms with Gasteiger partial charge in [-0.3, -0.25) is 9.58 Å². The van der Waals surface area contributed by atoms with Crippen molar-refractivity contribution < 1.29 is 35.9 Å². The maximum absolute atomic E-state index is 13.6. The number of alkyl halides is 6. The van der Waals surface area contributed by atoms with E-state index < -0.39 is 41.7 Å². The molecule has 7 nitrogen and oxygen atoms in total. The first-order chi connectivity index (χ1) is 20.7. The average Bonchev–Trinajstić information content (AvgIpc) is 3.45. The van der Waals surface area contributed by atoms with E-state index in [1.54, 1.807) is 24.9 Å². The van der Waals surface area contributed by atoms with E-state index in [-0.39, 0.29) is 24.2 Å². The third kappa shape index (κ3) is 6.37. The lowest BCUT2D eigenvalue weighted by Gasteiger charge is -2.36. The van der Waals surface area contributed by atoms with Crippen molar-refractivity contribution in [2.24, 2.45) is 7.05 Å². The van der Waals surface area contributed by atoms with E-state index in [4.69, 9.17) is 9.72 Å². The van der Waals surface area contributed by atoms with Gasteiger partial charge in [-0.1, -0.05) is 19.3 Å². The van der Waals surface area contributed by atoms with Crippen molar-refractivity contribution >= 4 is 11.9 Å². The zero-order valence-corrected chi connectivity index (χ0v) is 25.0. The number of amides is 1. The van der Waals surface area contributed by atoms with Crippen LogP contribution in [0.2, 0.25) is 0 Å². The first-order valence-corrected chi connectivity index (χ1v) is 14.7. The second kappa shape index (κ2) is 12.0. The fourth-order valence-electron chi connectivity index (χ4n) is 6.37. The molecule has 0 bridgehead atoms. The van der Waals surface area contributed by atoms with E-state index in [9.17, 15) is 31.1 Å². The molecule has 2 atom stereocenters. The van der Waals surface area contributed by atoms with E-state index in [0.717, 1.165) is 48.9 Å². The number of hydrogen-bond acceptors (Lipinski definition) is 5. The average molecular weight is 624 g/mol. The molecule has 2 fully saturated rings. The smallest absolute Gasteiger partial charge is 0.416 e. The second-order valence-electron chi connectivity index (χ2n) is 11.6. The molecule has 1 amide bonds. The summed E-state index contributed by atoms with van der Waals surface area (Å²) < 4.78 is 88.6. The van der Waals surface area contributed by atoms with Crippen LogP contribution < -0.4 is 4.90 Å². The number of hydrogen-bond donors (Lipinski definition) is 0. The highest BCUT2D eigenvalue weighted by molar-refractivity contribution is 5.72. The lowest BCUT2D eigenvalue weighted by molar-refractivity contribution is -0.143. The number of anilines is 1. The molecule has 2 aromatic heterocycles. The first kappa shape index (κ1) is 31.6. The summed E-state index contributed by atoms with van der Waals surface area (Å²) in [6.07, 6.45) is -3.22. The summed E-state index contributed by atoms with van der Waals surface area (Å²) in [5.41, 5.74) is -0.173. The van der Waals surface area contributed by atoms with Gasteiger partial charge in [-0.15, -0.1) is 0 Å². The number of aromatic nitrogens is 3. The number of benzene rings is 1. The SMILES string of the molecule is CCN(c1ncc(-c2cn(C)nc2C)cc1CN1C(=O)OC(c2cc(C(F)(F)F)cc(C(F)(F)F)c2)[C@@H]1C)C1CCCCC1. The summed E-state index contributed by atoms with van der Waals surface area (Å²) in [6, 6.07) is 2.62. The van der Waals surface area contributed by atoms with Crippen LogP contribution in [0.3, 0.4) is 0 Å². The summed E-state index contributed by atoms with van der Waals surface area (Å²) in [5.74, 6) is 0.687. The minimum atomic E-state index is -5.02. The summed E-state index contributed by atoms with van der Waals surface area (Å²) in [4.78, 5) is 21.6. The van der Waals surface area contributed by atoms with Crippen molar-refractivity contribution in [2.75, 3.05) is 11.4 Å². The molecular weight excluding hydrogens is 588 g/mol. The number of cyclic esters (lactones) is 1. The van der Waals surface area contributed by atoms with Crippen molar-refractivity contribution in [3.05, 3.63) is 64.6 Å². The topological polar surface area (TPSA) is 63.5 Å². The van der Waals surface area contributed by atoms with Gasteiger partial charge in [0.05, 0.1) is 29.4 Å². The number of ether oxygens (including phenoxy) is 1. The quantitative estimate of drug-likeness (QED) is 0.249. The fourth-order valence-corrected chi connectivity index (χ4v) is 6.37. The van der Waals surface area contributed by atoms with Gasteiger partial charge in [-0.2, -0.15) is 31.4 Å². The molecule has 0 N–H and O–H groups in total. The minimum absolute atomic E-state index is 0.000290. The van der Waals surface area contributed by atoms with Crippen LogP contribution in [0.4, 0.5) is 37.0 Å². The van der Waals surface area contributed by atoms with Crippen LogP contribution in [0.1, 0.15) is 80.0 Å². The monoisotopic (exact) mass is 623 g/mol. The molecule has 238 valence electrons. The molecule has 1 aliphatic carbocycles. The number of rotatable bonds is 7. The lowest BCUT2D eigenvalue weighted by Crippen LogP contribution is -2.39. The van der Waals surface area contributed by atoms with E-state index in [0.29, 0.717) is 30.1 Å². The summed E-state index contributed by atoms with van der Waals surface area (Å²) in [6.45, 7) is 6.14. The molecule has 1 saturated carbocycles. The predicted molar refractivity (Wildman–Crippen MR) is 152 cm³/mol. The highest BCUT2D eigenvalue weighted by Gasteiger charge is 2.43. The van der Waals surface area contributed by atoms with E-state index >= 15 is 0 Å². The van der Waals surface area contributed by atoms with Gasteiger partial charge in [0.1, 0.15) is 11.9 Å². The van der Waals surface area contributed by atoms with E-state index in [1.807, 2.05) is 26.1 Å². The highest BCUT2D eigenvalue weighted by Crippen LogP contribution is 2.42. The number of aryl methyl sites for hydroxylation is 2. The Morgan fingerprint density at radius 3 is 2.18 bits per heavy atom. The van der Waals surface area contributed by atoms with Crippen LogP contribution in [-0.2, 0) is 30.7 Å². The molecule has 1 unspecified atom stereocenters. The molecule has 0 spiro atoms. The summed E-state index contributed by atoms with van der Waals surface area (Å²) in [5, 5.41) is 4.42. The van der Waals surface area contributed by atoms with Crippen LogP contribution in [-0.4, -0.2) is 44.4 Å². The van der Waals surface area contributed by atoms with Crippen molar-refractivity contribution in [1.29, 1.82) is 0 Å². The van der Waals surface area contributed by atoms with Crippen molar-refractivity contribution in [3.8, 4) is 11.1 Å². The second-order valence-corrected chi connectivity index (χ2v) is 11.6. The third-order valence-electron chi connectivity index (χ3n) is 8.57. The maximum Gasteiger partial charge on any atom is 0.416 e. The predicted octanol–water partition coefficient (Wildman–Crippen LogP) is 8.07. The Labute approximate surface area is 251 Å². The minimum Gasteiger partial charge on any atom is -0.439 e. The van der Waals surface area contributed by atoms with Gasteiger partial charge >= 0.3 is 18.4 Å². The Morgan fingerprint density at radius 1 is 1.00 bits per heavy atom. The van der Waals surface area contributed by atoms with Gasteiger partial charge in [-0.05, 0) is 63.4 Å². The van der Waals surface area contributed by atoms with E-state index in [1.165, 1.54) is 4.90 Å². The van der Waals surface area contributed by atoms with Crippen LogP contribution in [0.15, 0.2) is 36.7 Å². The summed E-state index contributed by atoms with van der Waals surface area (Å²) >= 11 is 0. The normalized spacial score (nSPS) is 19.9. The molecule has 44 heavy (non-hydrogen) atoms. The number of pyridine rings is 1. The van der Waals surface area contributed by atoms with Crippen LogP contribution >= 0.6 is 0 Å². The summed E-state index contributed by atoms with van der Waals surface area (Å²) in [7, 11) is 1.81. The number of carbonyl (C=O) groups excluding carboxylic acids is 1. The van der Waals surface area contributed by atoms with Crippen LogP contribution in [0, 0.1) is 6.92 Å². The Hall–Kier alpha value is -3.77. The zero-order valence-electron chi connectivity index (χ0n) is 25.0. The maximum atomic E-state index is 13.6. The van der Waals surface area contributed by atoms with Gasteiger partial charge in [0, 0.05) is 48.7 Å². The zero-order chi connectivity index (χ0) is 32.0. The largest absolute Gasteiger partial charge is 0.439 e. The molecule has 3 aromatic rings. The van der Waals surface area contributed by atoms with Crippen LogP contribution in [0.5, 0.6) is 0 Å². The Morgan fingerprint density at radius 2 is 1.64 bits per heavy atom. The first-order valence-electron chi connectivity index (χ1n) is 14.7. The lowest BCUT2D eigenvalue weighted by atomic mass is 9.93. The molecule has 1 saturated heterocycles. The fraction of sp³-hybridized carbons (Fsp3) is 0.516. The van der Waals surface area contributed by atoms with Gasteiger partial charge < -0.3 is 9.64 Å². The van der Waals surface area contributed by atoms with Crippen molar-refractivity contribution in [2.45, 2.75) is 90.0 Å². The molecule has 5 rings (SSSR count). The van der Waals surface area contributed by atoms with Gasteiger partial charge in [0.15, 0.2) is 0 Å². The Bertz CT molecular complexity index is 1480. The molecule has 0 radical (unpaired) electrons. The number of halogens is 6. The molecule has 13 heteroatoms. The molecule has 1 aliphatic heterocycles. The van der Waals surface area contributed by atoms with Crippen molar-refractivity contribution in [3.63, 3.8) is 0 Å². The van der Waals surface area contributed by atoms with Crippen LogP contribution in [0.25, 0.3) is 11.1 Å².